The second-order valence-corrected chi connectivity index (χ2v) is 32.2. The van der Waals surface area contributed by atoms with Crippen molar-refractivity contribution in [3.63, 3.8) is 0 Å². The van der Waals surface area contributed by atoms with E-state index in [-0.39, 0.29) is 174 Å². The highest BCUT2D eigenvalue weighted by Crippen LogP contribution is 2.45. The van der Waals surface area contributed by atoms with Gasteiger partial charge in [0.25, 0.3) is 29.5 Å². The number of halogens is 10. The third-order valence-corrected chi connectivity index (χ3v) is 22.2. The zero-order valence-electron chi connectivity index (χ0n) is 67.7. The average molecular weight is 1760 g/mol. The van der Waals surface area contributed by atoms with Gasteiger partial charge in [-0.25, -0.2) is 62.9 Å². The molecule has 4 N–H and O–H groups in total. The molecule has 5 fully saturated rings. The van der Waals surface area contributed by atoms with Gasteiger partial charge in [-0.2, -0.15) is 46.5 Å². The number of rotatable bonds is 14. The van der Waals surface area contributed by atoms with Gasteiger partial charge in [-0.15, -0.1) is 0 Å². The predicted molar refractivity (Wildman–Crippen MR) is 430 cm³/mol. The normalized spacial score (nSPS) is 18.3. The second-order valence-electron chi connectivity index (χ2n) is 31.8. The monoisotopic (exact) mass is 1750 g/mol. The van der Waals surface area contributed by atoms with Crippen LogP contribution in [0.3, 0.4) is 0 Å². The lowest BCUT2D eigenvalue weighted by Crippen LogP contribution is -2.42. The number of hydrogen-bond acceptors (Lipinski definition) is 19. The number of hydrogen-bond donors (Lipinski definition) is 4. The molecule has 1 unspecified atom stereocenters. The fourth-order valence-corrected chi connectivity index (χ4v) is 14.9. The molecule has 10 aliphatic rings. The predicted octanol–water partition coefficient (Wildman–Crippen LogP) is 12.6. The molecule has 0 bridgehead atoms. The first-order chi connectivity index (χ1) is 60.6. The van der Waals surface area contributed by atoms with Crippen molar-refractivity contribution in [3.05, 3.63) is 174 Å². The van der Waals surface area contributed by atoms with Crippen LogP contribution in [0.15, 0.2) is 72.8 Å². The van der Waals surface area contributed by atoms with E-state index in [2.05, 4.69) is 46.8 Å². The Morgan fingerprint density at radius 3 is 1.01 bits per heavy atom. The number of nitrogens with zero attached hydrogens (tertiary/aromatic N) is 15. The largest absolute Gasteiger partial charge is 0.477 e. The summed E-state index contributed by atoms with van der Waals surface area (Å²) < 4.78 is 160. The lowest BCUT2D eigenvalue weighted by molar-refractivity contribution is 0.0644. The van der Waals surface area contributed by atoms with Crippen molar-refractivity contribution in [2.24, 2.45) is 0 Å². The average Bonchev–Trinajstić information content (AvgIpc) is 1.62. The Bertz CT molecular complexity index is 5850. The standard InChI is InChI=1S/3C18H16F2N4O2.C17H14F2N4O2.C16H15ClFN3O2/c3*1-9-4-10(6-21)14(20)5-13(9)15-16(17(25)22-12-2-3-12)23-24-7-11(19)8-26-18(15)24;18-12-8-11(13(19)7-10(12)9-20)14-15(16(24)22-3-1-4-22)21-23-5-2-6-25-17(14)23;17-10-3-1-9(2-4-10)13-14(15(22)19-12-5-6-12)20-21-7-11(18)8-23-16(13)21/h3*4-5,11-12H,2-3,7-8H2,1H3,(H,22,25);7-8H,1-6H2;1-4,11-12H,5-8H2,(H,19,22)/t2*11-;;;11-/m10..0/s1. The molecule has 6 aliphatic heterocycles. The van der Waals surface area contributed by atoms with Gasteiger partial charge in [0.15, 0.2) is 53.2 Å². The molecule has 11 heterocycles. The molecule has 20 rings (SSSR count). The smallest absolute Gasteiger partial charge is 0.275 e. The number of alkyl halides is 4. The Labute approximate surface area is 717 Å². The van der Waals surface area contributed by atoms with E-state index in [0.717, 1.165) is 81.9 Å². The molecule has 4 atom stereocenters. The number of aromatic nitrogens is 10. The van der Waals surface area contributed by atoms with E-state index >= 15 is 0 Å². The van der Waals surface area contributed by atoms with Crippen LogP contribution in [-0.4, -0.2) is 178 Å². The van der Waals surface area contributed by atoms with Crippen LogP contribution in [0.1, 0.15) is 156 Å². The van der Waals surface area contributed by atoms with E-state index in [4.69, 9.17) is 56.3 Å². The van der Waals surface area contributed by atoms with Crippen LogP contribution in [0.4, 0.5) is 39.5 Å². The Kier molecular flexibility index (Phi) is 24.3. The van der Waals surface area contributed by atoms with E-state index in [9.17, 15) is 63.5 Å². The van der Waals surface area contributed by atoms with Gasteiger partial charge in [0.1, 0.15) is 79.8 Å². The second kappa shape index (κ2) is 35.8. The van der Waals surface area contributed by atoms with Crippen LogP contribution in [-0.2, 0) is 32.7 Å². The van der Waals surface area contributed by atoms with Crippen LogP contribution >= 0.6 is 11.6 Å². The molecule has 39 heteroatoms. The summed E-state index contributed by atoms with van der Waals surface area (Å²) in [7, 11) is 0. The number of aryl methyl sites for hydroxylation is 4. The number of fused-ring (bicyclic) bond motifs is 5. The molecular formula is C87H77ClF9N19O10. The minimum atomic E-state index is -1.23. The molecule has 0 radical (unpaired) electrons. The quantitative estimate of drug-likeness (QED) is 0.0735. The third kappa shape index (κ3) is 18.1. The number of likely N-dealkylation sites (tertiary alicyclic amines) is 1. The summed E-state index contributed by atoms with van der Waals surface area (Å²) in [6.07, 6.45) is 4.21. The summed E-state index contributed by atoms with van der Waals surface area (Å²) in [4.78, 5) is 64.7. The number of benzene rings is 5. The SMILES string of the molecule is Cc1cc(C#N)c(F)cc1-c1c(C(=O)NC2CC2)nn2c1OCC(F)C2.Cc1cc(C#N)c(F)cc1-c1c(C(=O)NC2CC2)nn2c1OC[C@@H](F)C2.Cc1cc(C#N)c(F)cc1-c1c(C(=O)NC2CC2)nn2c1OC[C@H](F)C2.N#Cc1cc(F)c(-c2c(C(=O)N3CCC3)nn3c2OCCC3)cc1F.O=C(NC1CC1)c1nn2c(c1-c1ccc(Cl)cc1)OC[C@@H](F)C2. The topological polar surface area (TPSA) is 367 Å². The molecule has 1 saturated heterocycles. The van der Waals surface area contributed by atoms with Crippen molar-refractivity contribution in [3.8, 4) is 109 Å². The fraction of sp³-hybridized carbons (Fsp3) is 0.379. The van der Waals surface area contributed by atoms with Crippen LogP contribution < -0.4 is 45.0 Å². The summed E-state index contributed by atoms with van der Waals surface area (Å²) >= 11 is 5.93. The molecular weight excluding hydrogens is 1680 g/mol. The molecule has 5 amide bonds. The van der Waals surface area contributed by atoms with Crippen LogP contribution in [0.2, 0.25) is 5.02 Å². The fourth-order valence-electron chi connectivity index (χ4n) is 14.8. The van der Waals surface area contributed by atoms with Crippen LogP contribution in [0.5, 0.6) is 29.4 Å². The van der Waals surface area contributed by atoms with E-state index in [1.165, 1.54) is 59.8 Å². The van der Waals surface area contributed by atoms with E-state index < -0.39 is 71.5 Å². The van der Waals surface area contributed by atoms with E-state index in [1.54, 1.807) is 74.2 Å². The lowest BCUT2D eigenvalue weighted by Gasteiger charge is -2.30. The number of ether oxygens (including phenoxy) is 5. The first kappa shape index (κ1) is 85.7. The van der Waals surface area contributed by atoms with Gasteiger partial charge >= 0.3 is 0 Å². The summed E-state index contributed by atoms with van der Waals surface area (Å²) in [5.41, 5.74) is 5.31. The summed E-state index contributed by atoms with van der Waals surface area (Å²) in [5, 5.41) is 69.2. The number of nitriles is 4. The number of carbonyl (C=O) groups excluding carboxylic acids is 5. The zero-order valence-corrected chi connectivity index (χ0v) is 68.4. The van der Waals surface area contributed by atoms with E-state index in [1.807, 2.05) is 0 Å². The van der Waals surface area contributed by atoms with Crippen molar-refractivity contribution in [2.45, 2.75) is 167 Å². The molecule has 4 saturated carbocycles. The van der Waals surface area contributed by atoms with Gasteiger partial charge in [-0.05, 0) is 178 Å². The molecule has 5 aromatic heterocycles. The number of carbonyl (C=O) groups is 5. The highest BCUT2D eigenvalue weighted by atomic mass is 35.5. The molecule has 10 aromatic rings. The lowest BCUT2D eigenvalue weighted by atomic mass is 9.97. The highest BCUT2D eigenvalue weighted by molar-refractivity contribution is 6.30. The van der Waals surface area contributed by atoms with Crippen LogP contribution in [0, 0.1) is 95.2 Å². The molecule has 126 heavy (non-hydrogen) atoms. The number of nitrogens with one attached hydrogen (secondary N) is 4. The Morgan fingerprint density at radius 1 is 0.381 bits per heavy atom. The summed E-state index contributed by atoms with van der Waals surface area (Å²) in [5.74, 6) is -4.06. The summed E-state index contributed by atoms with van der Waals surface area (Å²) in [6.45, 7) is 6.83. The zero-order chi connectivity index (χ0) is 88.8. The molecule has 650 valence electrons. The van der Waals surface area contributed by atoms with Crippen molar-refractivity contribution >= 4 is 41.1 Å². The maximum Gasteiger partial charge on any atom is 0.275 e. The van der Waals surface area contributed by atoms with Crippen LogP contribution in [0.25, 0.3) is 55.6 Å². The Balaban J connectivity index is 0.000000116. The van der Waals surface area contributed by atoms with E-state index in [0.29, 0.717) is 92.8 Å². The summed E-state index contributed by atoms with van der Waals surface area (Å²) in [6, 6.07) is 24.2. The van der Waals surface area contributed by atoms with Crippen molar-refractivity contribution in [1.82, 2.24) is 75.1 Å². The maximum atomic E-state index is 14.6. The van der Waals surface area contributed by atoms with Crippen molar-refractivity contribution in [2.75, 3.05) is 46.1 Å². The maximum absolute atomic E-state index is 14.6. The van der Waals surface area contributed by atoms with Gasteiger partial charge in [0.2, 0.25) is 29.4 Å². The molecule has 29 nitrogen and oxygen atoms in total. The van der Waals surface area contributed by atoms with Gasteiger partial charge in [-0.1, -0.05) is 23.7 Å². The van der Waals surface area contributed by atoms with Gasteiger partial charge in [0, 0.05) is 60.8 Å². The number of amides is 5. The van der Waals surface area contributed by atoms with Crippen molar-refractivity contribution in [1.29, 1.82) is 21.0 Å². The molecule has 5 aromatic carbocycles. The highest BCUT2D eigenvalue weighted by Gasteiger charge is 2.41. The minimum Gasteiger partial charge on any atom is -0.477 e. The third-order valence-electron chi connectivity index (χ3n) is 21.9. The first-order valence-electron chi connectivity index (χ1n) is 40.7. The van der Waals surface area contributed by atoms with Gasteiger partial charge in [0.05, 0.1) is 82.9 Å². The Morgan fingerprint density at radius 2 is 0.683 bits per heavy atom. The van der Waals surface area contributed by atoms with Gasteiger partial charge < -0.3 is 49.9 Å². The minimum absolute atomic E-state index is 0.0309. The molecule has 0 spiro atoms. The first-order valence-corrected chi connectivity index (χ1v) is 41.1. The van der Waals surface area contributed by atoms with Crippen molar-refractivity contribution < 1.29 is 87.2 Å². The Hall–Kier alpha value is -13.9. The van der Waals surface area contributed by atoms with Gasteiger partial charge in [-0.3, -0.25) is 24.0 Å². The molecule has 4 aliphatic carbocycles.